The van der Waals surface area contributed by atoms with Crippen molar-refractivity contribution in [2.24, 2.45) is 5.73 Å². The Morgan fingerprint density at radius 1 is 1.50 bits per heavy atom. The predicted molar refractivity (Wildman–Crippen MR) is 63.6 cm³/mol. The van der Waals surface area contributed by atoms with E-state index in [9.17, 15) is 4.79 Å². The van der Waals surface area contributed by atoms with Gasteiger partial charge >= 0.3 is 0 Å². The Hall–Kier alpha value is -0.0300. The molecule has 0 rings (SSSR count). The molecule has 0 bridgehead atoms. The van der Waals surface area contributed by atoms with Gasteiger partial charge in [-0.2, -0.15) is 0 Å². The molecule has 14 heavy (non-hydrogen) atoms. The zero-order valence-corrected chi connectivity index (χ0v) is 10.6. The number of hydrogen-bond acceptors (Lipinski definition) is 2. The number of thiocarbonyl (C=S) groups is 1. The number of ketones is 1. The summed E-state index contributed by atoms with van der Waals surface area (Å²) >= 11 is 20.8. The first kappa shape index (κ1) is 14.0. The van der Waals surface area contributed by atoms with Gasteiger partial charge in [-0.3, -0.25) is 4.79 Å². The van der Waals surface area contributed by atoms with Crippen LogP contribution in [0.15, 0.2) is 11.8 Å². The summed E-state index contributed by atoms with van der Waals surface area (Å²) in [4.78, 5) is 12.7. The average Bonchev–Trinajstić information content (AvgIpc) is 2.00. The normalized spacial score (nSPS) is 12.5. The third kappa shape index (κ3) is 4.46. The van der Waals surface area contributed by atoms with Crippen LogP contribution in [0, 0.1) is 0 Å². The van der Waals surface area contributed by atoms with Crippen molar-refractivity contribution >= 4 is 57.9 Å². The van der Waals surface area contributed by atoms with Gasteiger partial charge in [0.25, 0.3) is 3.79 Å². The number of rotatable bonds is 2. The molecule has 0 aliphatic carbocycles. The molecular weight excluding hydrogens is 267 g/mol. The van der Waals surface area contributed by atoms with Crippen LogP contribution in [0.1, 0.15) is 6.92 Å². The van der Waals surface area contributed by atoms with Crippen LogP contribution in [0.3, 0.4) is 0 Å². The highest BCUT2D eigenvalue weighted by Crippen LogP contribution is 2.28. The van der Waals surface area contributed by atoms with E-state index in [4.69, 9.17) is 52.8 Å². The highest BCUT2D eigenvalue weighted by atomic mass is 35.6. The van der Waals surface area contributed by atoms with Crippen LogP contribution in [0.2, 0.25) is 0 Å². The molecule has 3 nitrogen and oxygen atoms in total. The summed E-state index contributed by atoms with van der Waals surface area (Å²) in [5.41, 5.74) is 5.84. The van der Waals surface area contributed by atoms with Crippen LogP contribution in [0.5, 0.6) is 0 Å². The number of nitrogens with two attached hydrogens (primary N) is 1. The van der Waals surface area contributed by atoms with Gasteiger partial charge in [-0.1, -0.05) is 34.8 Å². The van der Waals surface area contributed by atoms with Gasteiger partial charge in [0.15, 0.2) is 5.11 Å². The van der Waals surface area contributed by atoms with E-state index < -0.39 is 9.58 Å². The van der Waals surface area contributed by atoms with Gasteiger partial charge in [0, 0.05) is 18.8 Å². The van der Waals surface area contributed by atoms with Crippen LogP contribution in [-0.2, 0) is 4.79 Å². The van der Waals surface area contributed by atoms with E-state index in [1.54, 1.807) is 14.0 Å². The maximum atomic E-state index is 11.2. The molecule has 0 aromatic heterocycles. The standard InChI is InChI=1S/C7H9Cl3N2OS/c1-4(12(2)6(11)14)3-5(13)7(8,9)10/h3H,1-2H3,(H2,11,14)/b4-3+. The Kier molecular flexibility index (Phi) is 5.15. The number of allylic oxidation sites excluding steroid dienone is 2. The first-order chi connectivity index (χ1) is 6.16. The maximum Gasteiger partial charge on any atom is 0.252 e. The lowest BCUT2D eigenvalue weighted by Crippen LogP contribution is -2.31. The van der Waals surface area contributed by atoms with Crippen LogP contribution >= 0.6 is 47.0 Å². The molecule has 0 fully saturated rings. The molecule has 0 aromatic rings. The first-order valence-electron chi connectivity index (χ1n) is 3.49. The molecule has 0 saturated carbocycles. The molecular formula is C7H9Cl3N2OS. The zero-order valence-electron chi connectivity index (χ0n) is 7.55. The topological polar surface area (TPSA) is 46.3 Å². The minimum Gasteiger partial charge on any atom is -0.376 e. The number of carbonyl (C=O) groups excluding carboxylic acids is 1. The molecule has 0 amide bonds. The molecule has 7 heteroatoms. The molecule has 0 spiro atoms. The summed E-state index contributed by atoms with van der Waals surface area (Å²) in [5.74, 6) is -0.636. The van der Waals surface area contributed by atoms with Gasteiger partial charge in [-0.25, -0.2) is 0 Å². The first-order valence-corrected chi connectivity index (χ1v) is 5.03. The SMILES string of the molecule is C/C(=C\C(=O)C(Cl)(Cl)Cl)N(C)C(N)=S. The lowest BCUT2D eigenvalue weighted by atomic mass is 10.3. The van der Waals surface area contributed by atoms with Crippen LogP contribution in [-0.4, -0.2) is 26.6 Å². The molecule has 0 radical (unpaired) electrons. The Bertz CT molecular complexity index is 285. The van der Waals surface area contributed by atoms with Crippen molar-refractivity contribution in [1.29, 1.82) is 0 Å². The molecule has 0 aromatic carbocycles. The molecule has 80 valence electrons. The van der Waals surface area contributed by atoms with Gasteiger partial charge in [0.1, 0.15) is 0 Å². The lowest BCUT2D eigenvalue weighted by Gasteiger charge is -2.17. The fourth-order valence-corrected chi connectivity index (χ4v) is 0.850. The second kappa shape index (κ2) is 5.16. The minimum atomic E-state index is -1.95. The lowest BCUT2D eigenvalue weighted by molar-refractivity contribution is -0.113. The minimum absolute atomic E-state index is 0.135. The molecule has 0 atom stereocenters. The molecule has 0 saturated heterocycles. The second-order valence-corrected chi connectivity index (χ2v) is 5.24. The number of hydrogen-bond donors (Lipinski definition) is 1. The zero-order chi connectivity index (χ0) is 11.5. The van der Waals surface area contributed by atoms with Crippen molar-refractivity contribution in [3.05, 3.63) is 11.8 Å². The van der Waals surface area contributed by atoms with Crippen molar-refractivity contribution < 1.29 is 4.79 Å². The Labute approximate surface area is 103 Å². The van der Waals surface area contributed by atoms with E-state index in [-0.39, 0.29) is 5.11 Å². The van der Waals surface area contributed by atoms with E-state index >= 15 is 0 Å². The summed E-state index contributed by atoms with van der Waals surface area (Å²) in [6.45, 7) is 1.63. The summed E-state index contributed by atoms with van der Waals surface area (Å²) in [7, 11) is 1.61. The molecule has 0 aliphatic heterocycles. The van der Waals surface area contributed by atoms with Crippen molar-refractivity contribution in [3.63, 3.8) is 0 Å². The third-order valence-corrected chi connectivity index (χ3v) is 2.31. The Balaban J connectivity index is 4.69. The molecule has 0 aliphatic rings. The predicted octanol–water partition coefficient (Wildman–Crippen LogP) is 2.00. The van der Waals surface area contributed by atoms with E-state index in [1.165, 1.54) is 11.0 Å². The maximum absolute atomic E-state index is 11.2. The van der Waals surface area contributed by atoms with E-state index in [0.29, 0.717) is 5.70 Å². The van der Waals surface area contributed by atoms with E-state index in [1.807, 2.05) is 0 Å². The summed E-state index contributed by atoms with van der Waals surface area (Å²) in [6, 6.07) is 0. The quantitative estimate of drug-likeness (QED) is 0.476. The van der Waals surface area contributed by atoms with Crippen molar-refractivity contribution in [2.75, 3.05) is 7.05 Å². The van der Waals surface area contributed by atoms with Crippen molar-refractivity contribution in [3.8, 4) is 0 Å². The monoisotopic (exact) mass is 274 g/mol. The van der Waals surface area contributed by atoms with Gasteiger partial charge in [-0.05, 0) is 19.1 Å². The fraction of sp³-hybridized carbons (Fsp3) is 0.429. The summed E-state index contributed by atoms with van der Waals surface area (Å²) in [5, 5.41) is 0.135. The fourth-order valence-electron chi connectivity index (χ4n) is 0.542. The van der Waals surface area contributed by atoms with Crippen LogP contribution in [0.25, 0.3) is 0 Å². The number of carbonyl (C=O) groups is 1. The number of nitrogens with zero attached hydrogens (tertiary/aromatic N) is 1. The van der Waals surface area contributed by atoms with Gasteiger partial charge in [-0.15, -0.1) is 0 Å². The van der Waals surface area contributed by atoms with Crippen LogP contribution < -0.4 is 5.73 Å². The average molecular weight is 276 g/mol. The smallest absolute Gasteiger partial charge is 0.252 e. The summed E-state index contributed by atoms with van der Waals surface area (Å²) in [6.07, 6.45) is 1.17. The number of alkyl halides is 3. The van der Waals surface area contributed by atoms with Gasteiger partial charge in [0.2, 0.25) is 5.78 Å². The van der Waals surface area contributed by atoms with Crippen molar-refractivity contribution in [1.82, 2.24) is 4.90 Å². The third-order valence-electron chi connectivity index (χ3n) is 1.48. The summed E-state index contributed by atoms with van der Waals surface area (Å²) < 4.78 is -1.95. The number of halogens is 3. The van der Waals surface area contributed by atoms with E-state index in [0.717, 1.165) is 0 Å². The molecule has 0 unspecified atom stereocenters. The molecule has 2 N–H and O–H groups in total. The Morgan fingerprint density at radius 2 is 1.93 bits per heavy atom. The Morgan fingerprint density at radius 3 is 2.21 bits per heavy atom. The van der Waals surface area contributed by atoms with Crippen molar-refractivity contribution in [2.45, 2.75) is 10.7 Å². The highest BCUT2D eigenvalue weighted by molar-refractivity contribution is 7.80. The highest BCUT2D eigenvalue weighted by Gasteiger charge is 2.28. The van der Waals surface area contributed by atoms with Gasteiger partial charge in [0.05, 0.1) is 0 Å². The largest absolute Gasteiger partial charge is 0.376 e. The van der Waals surface area contributed by atoms with E-state index in [2.05, 4.69) is 0 Å². The van der Waals surface area contributed by atoms with Crippen LogP contribution in [0.4, 0.5) is 0 Å². The second-order valence-electron chi connectivity index (χ2n) is 2.54. The molecule has 0 heterocycles. The van der Waals surface area contributed by atoms with Gasteiger partial charge < -0.3 is 10.6 Å².